The van der Waals surface area contributed by atoms with Crippen molar-refractivity contribution >= 4 is 0 Å². The molecule has 1 aliphatic heterocycles. The minimum atomic E-state index is -0.231. The van der Waals surface area contributed by atoms with Crippen LogP contribution in [0.15, 0.2) is 30.6 Å². The zero-order valence-corrected chi connectivity index (χ0v) is 13.6. The Hall–Kier alpha value is -2.61. The van der Waals surface area contributed by atoms with Gasteiger partial charge in [0.05, 0.1) is 30.6 Å². The third-order valence-corrected chi connectivity index (χ3v) is 5.01. The number of hydrogen-bond acceptors (Lipinski definition) is 5. The molecule has 2 aromatic heterocycles. The molecule has 0 spiro atoms. The quantitative estimate of drug-likeness (QED) is 0.787. The monoisotopic (exact) mass is 339 g/mol. The number of halogens is 1. The lowest BCUT2D eigenvalue weighted by Gasteiger charge is -2.34. The van der Waals surface area contributed by atoms with Gasteiger partial charge in [0.1, 0.15) is 5.82 Å². The Kier molecular flexibility index (Phi) is 3.37. The molecule has 1 saturated carbocycles. The van der Waals surface area contributed by atoms with Crippen LogP contribution in [0.2, 0.25) is 0 Å². The van der Waals surface area contributed by atoms with Gasteiger partial charge in [-0.2, -0.15) is 0 Å². The number of tetrazole rings is 1. The van der Waals surface area contributed by atoms with Crippen LogP contribution in [0.5, 0.6) is 0 Å². The summed E-state index contributed by atoms with van der Waals surface area (Å²) in [6.45, 7) is 1.52. The fraction of sp³-hybridized carbons (Fsp3) is 0.412. The van der Waals surface area contributed by atoms with Crippen LogP contribution in [-0.2, 0) is 13.0 Å². The Morgan fingerprint density at radius 2 is 2.04 bits per heavy atom. The molecule has 8 heteroatoms. The second-order valence-corrected chi connectivity index (χ2v) is 6.71. The van der Waals surface area contributed by atoms with Crippen molar-refractivity contribution in [3.05, 3.63) is 59.2 Å². The maximum absolute atomic E-state index is 13.4. The Morgan fingerprint density at radius 1 is 1.20 bits per heavy atom. The Bertz CT molecular complexity index is 881. The maximum atomic E-state index is 13.4. The Morgan fingerprint density at radius 3 is 2.84 bits per heavy atom. The first-order valence-corrected chi connectivity index (χ1v) is 8.58. The first-order chi connectivity index (χ1) is 12.3. The third-order valence-electron chi connectivity index (χ3n) is 5.01. The number of imidazole rings is 1. The van der Waals surface area contributed by atoms with Gasteiger partial charge in [0.15, 0.2) is 5.82 Å². The van der Waals surface area contributed by atoms with E-state index in [9.17, 15) is 4.39 Å². The third kappa shape index (κ3) is 2.62. The van der Waals surface area contributed by atoms with E-state index in [0.29, 0.717) is 12.6 Å². The Balaban J connectivity index is 1.51. The summed E-state index contributed by atoms with van der Waals surface area (Å²) in [6, 6.07) is 7.09. The molecule has 0 radical (unpaired) electrons. The van der Waals surface area contributed by atoms with Gasteiger partial charge in [-0.3, -0.25) is 4.90 Å². The SMILES string of the molecule is Fc1ccc(C2c3nc[nH]c3CCN2Cc2nnnn2C2CC2)cc1. The molecule has 5 rings (SSSR count). The van der Waals surface area contributed by atoms with E-state index in [4.69, 9.17) is 0 Å². The summed E-state index contributed by atoms with van der Waals surface area (Å²) in [5, 5.41) is 12.2. The van der Waals surface area contributed by atoms with Crippen LogP contribution >= 0.6 is 0 Å². The second kappa shape index (κ2) is 5.73. The molecule has 0 saturated heterocycles. The normalized spacial score (nSPS) is 20.6. The molecule has 1 atom stereocenters. The predicted octanol–water partition coefficient (Wildman–Crippen LogP) is 2.02. The molecule has 2 aliphatic rings. The second-order valence-electron chi connectivity index (χ2n) is 6.71. The number of nitrogens with one attached hydrogen (secondary N) is 1. The standard InChI is InChI=1S/C17H18FN7/c18-12-3-1-11(2-4-12)17-16-14(19-10-20-16)7-8-24(17)9-15-21-22-23-25(15)13-5-6-13/h1-4,10,13,17H,5-9H2,(H,19,20). The zero-order chi connectivity index (χ0) is 16.8. The first kappa shape index (κ1) is 14.7. The van der Waals surface area contributed by atoms with E-state index in [2.05, 4.69) is 30.4 Å². The molecule has 7 nitrogen and oxygen atoms in total. The van der Waals surface area contributed by atoms with Gasteiger partial charge >= 0.3 is 0 Å². The first-order valence-electron chi connectivity index (χ1n) is 8.58. The van der Waals surface area contributed by atoms with Gasteiger partial charge in [-0.1, -0.05) is 12.1 Å². The lowest BCUT2D eigenvalue weighted by atomic mass is 9.95. The summed E-state index contributed by atoms with van der Waals surface area (Å²) in [7, 11) is 0. The lowest BCUT2D eigenvalue weighted by molar-refractivity contribution is 0.191. The van der Waals surface area contributed by atoms with Crippen molar-refractivity contribution in [2.75, 3.05) is 6.54 Å². The van der Waals surface area contributed by atoms with Crippen LogP contribution in [0.4, 0.5) is 4.39 Å². The van der Waals surface area contributed by atoms with Gasteiger partial charge in [-0.05, 0) is 41.0 Å². The number of benzene rings is 1. The van der Waals surface area contributed by atoms with Gasteiger partial charge < -0.3 is 4.98 Å². The number of hydrogen-bond donors (Lipinski definition) is 1. The van der Waals surface area contributed by atoms with Gasteiger partial charge in [0, 0.05) is 18.7 Å². The highest BCUT2D eigenvalue weighted by molar-refractivity contribution is 5.32. The van der Waals surface area contributed by atoms with E-state index in [-0.39, 0.29) is 11.9 Å². The molecule has 1 aromatic carbocycles. The molecule has 0 bridgehead atoms. The van der Waals surface area contributed by atoms with Crippen LogP contribution in [0, 0.1) is 5.82 Å². The number of rotatable bonds is 4. The highest BCUT2D eigenvalue weighted by atomic mass is 19.1. The van der Waals surface area contributed by atoms with Crippen molar-refractivity contribution < 1.29 is 4.39 Å². The van der Waals surface area contributed by atoms with Crippen molar-refractivity contribution in [1.29, 1.82) is 0 Å². The molecule has 25 heavy (non-hydrogen) atoms. The summed E-state index contributed by atoms with van der Waals surface area (Å²) in [5.41, 5.74) is 3.18. The number of H-pyrrole nitrogens is 1. The summed E-state index contributed by atoms with van der Waals surface area (Å²) in [4.78, 5) is 10.1. The smallest absolute Gasteiger partial charge is 0.165 e. The molecule has 1 fully saturated rings. The average Bonchev–Trinajstić information content (AvgIpc) is 3.17. The molecule has 1 N–H and O–H groups in total. The van der Waals surface area contributed by atoms with Crippen molar-refractivity contribution in [2.45, 2.75) is 37.9 Å². The zero-order valence-electron chi connectivity index (χ0n) is 13.6. The maximum Gasteiger partial charge on any atom is 0.165 e. The highest BCUT2D eigenvalue weighted by Crippen LogP contribution is 2.37. The van der Waals surface area contributed by atoms with Crippen molar-refractivity contribution in [3.63, 3.8) is 0 Å². The van der Waals surface area contributed by atoms with Crippen molar-refractivity contribution in [2.24, 2.45) is 0 Å². The summed E-state index contributed by atoms with van der Waals surface area (Å²) < 4.78 is 15.3. The van der Waals surface area contributed by atoms with Gasteiger partial charge in [-0.25, -0.2) is 14.1 Å². The van der Waals surface area contributed by atoms with Crippen LogP contribution in [0.3, 0.4) is 0 Å². The predicted molar refractivity (Wildman–Crippen MR) is 87.0 cm³/mol. The molecule has 3 aromatic rings. The molecule has 3 heterocycles. The fourth-order valence-electron chi connectivity index (χ4n) is 3.61. The lowest BCUT2D eigenvalue weighted by Crippen LogP contribution is -2.36. The van der Waals surface area contributed by atoms with Gasteiger partial charge in [-0.15, -0.1) is 5.10 Å². The van der Waals surface area contributed by atoms with E-state index >= 15 is 0 Å². The molecule has 128 valence electrons. The highest BCUT2D eigenvalue weighted by Gasteiger charge is 2.34. The van der Waals surface area contributed by atoms with E-state index in [1.165, 1.54) is 12.1 Å². The van der Waals surface area contributed by atoms with Crippen LogP contribution in [-0.4, -0.2) is 41.6 Å². The summed E-state index contributed by atoms with van der Waals surface area (Å²) >= 11 is 0. The molecule has 1 unspecified atom stereocenters. The van der Waals surface area contributed by atoms with Gasteiger partial charge in [0.25, 0.3) is 0 Å². The fourth-order valence-corrected chi connectivity index (χ4v) is 3.61. The van der Waals surface area contributed by atoms with Crippen molar-refractivity contribution in [3.8, 4) is 0 Å². The number of aromatic amines is 1. The average molecular weight is 339 g/mol. The number of fused-ring (bicyclic) bond motifs is 1. The number of nitrogens with zero attached hydrogens (tertiary/aromatic N) is 6. The van der Waals surface area contributed by atoms with Crippen LogP contribution < -0.4 is 0 Å². The molecular formula is C17H18FN7. The summed E-state index contributed by atoms with van der Waals surface area (Å²) in [5.74, 6) is 0.652. The summed E-state index contributed by atoms with van der Waals surface area (Å²) in [6.07, 6.45) is 4.92. The van der Waals surface area contributed by atoms with Crippen LogP contribution in [0.1, 0.15) is 47.7 Å². The minimum Gasteiger partial charge on any atom is -0.348 e. The van der Waals surface area contributed by atoms with Crippen molar-refractivity contribution in [1.82, 2.24) is 35.1 Å². The van der Waals surface area contributed by atoms with E-state index in [0.717, 1.165) is 48.6 Å². The largest absolute Gasteiger partial charge is 0.348 e. The van der Waals surface area contributed by atoms with E-state index in [1.807, 2.05) is 16.8 Å². The molecule has 0 amide bonds. The molecule has 1 aliphatic carbocycles. The van der Waals surface area contributed by atoms with E-state index in [1.54, 1.807) is 6.33 Å². The Labute approximate surface area is 143 Å². The van der Waals surface area contributed by atoms with Crippen LogP contribution in [0.25, 0.3) is 0 Å². The topological polar surface area (TPSA) is 75.5 Å². The molecular weight excluding hydrogens is 321 g/mol. The number of aromatic nitrogens is 6. The van der Waals surface area contributed by atoms with E-state index < -0.39 is 0 Å². The minimum absolute atomic E-state index is 0.0278. The van der Waals surface area contributed by atoms with Gasteiger partial charge in [0.2, 0.25) is 0 Å².